The predicted molar refractivity (Wildman–Crippen MR) is 78.4 cm³/mol. The Hall–Kier alpha value is -0.590. The van der Waals surface area contributed by atoms with Gasteiger partial charge in [0, 0.05) is 23.8 Å². The molecule has 0 aliphatic carbocycles. The molecule has 3 rings (SSSR count). The van der Waals surface area contributed by atoms with E-state index in [0.717, 1.165) is 29.2 Å². The largest absolute Gasteiger partial charge is 0.380 e. The second-order valence-electron chi connectivity index (χ2n) is 3.93. The van der Waals surface area contributed by atoms with Crippen LogP contribution in [0.25, 0.3) is 0 Å². The van der Waals surface area contributed by atoms with Gasteiger partial charge in [-0.2, -0.15) is 0 Å². The van der Waals surface area contributed by atoms with E-state index in [1.165, 1.54) is 15.4 Å². The topological polar surface area (TPSA) is 28.2 Å². The first kappa shape index (κ1) is 11.5. The van der Waals surface area contributed by atoms with E-state index in [0.29, 0.717) is 0 Å². The second-order valence-corrected chi connectivity index (χ2v) is 6.72. The van der Waals surface area contributed by atoms with Gasteiger partial charge in [0.2, 0.25) is 0 Å². The Morgan fingerprint density at radius 2 is 2.41 bits per heavy atom. The highest BCUT2D eigenvalue weighted by atomic mass is 79.9. The van der Waals surface area contributed by atoms with Crippen LogP contribution in [0.4, 0.5) is 10.1 Å². The van der Waals surface area contributed by atoms with Gasteiger partial charge in [-0.15, -0.1) is 22.7 Å². The lowest BCUT2D eigenvalue weighted by molar-refractivity contribution is 0.741. The summed E-state index contributed by atoms with van der Waals surface area (Å²) in [4.78, 5) is 8.30. The maximum atomic E-state index is 4.48. The molecular weight excluding hydrogens is 318 g/mol. The van der Waals surface area contributed by atoms with Crippen LogP contribution < -0.4 is 10.2 Å². The molecule has 2 aromatic heterocycles. The Kier molecular flexibility index (Phi) is 3.10. The summed E-state index contributed by atoms with van der Waals surface area (Å²) in [5.41, 5.74) is 1.49. The van der Waals surface area contributed by atoms with Gasteiger partial charge in [0.05, 0.1) is 11.5 Å². The molecule has 0 radical (unpaired) electrons. The maximum Gasteiger partial charge on any atom is 0.186 e. The number of hydrogen-bond donors (Lipinski definition) is 1. The molecule has 1 aliphatic heterocycles. The number of thiazole rings is 1. The lowest BCUT2D eigenvalue weighted by atomic mass is 10.1. The number of anilines is 2. The monoisotopic (exact) mass is 329 g/mol. The Labute approximate surface area is 117 Å². The third-order valence-corrected chi connectivity index (χ3v) is 5.65. The van der Waals surface area contributed by atoms with Crippen molar-refractivity contribution in [2.24, 2.45) is 0 Å². The highest BCUT2D eigenvalue weighted by Gasteiger charge is 2.21. The molecule has 1 N–H and O–H groups in total. The number of nitrogens with one attached hydrogen (secondary N) is 1. The Morgan fingerprint density at radius 1 is 1.53 bits per heavy atom. The van der Waals surface area contributed by atoms with Crippen molar-refractivity contribution in [2.75, 3.05) is 23.8 Å². The summed E-state index contributed by atoms with van der Waals surface area (Å²) < 4.78 is 0.936. The lowest BCUT2D eigenvalue weighted by Gasteiger charge is -2.26. The van der Waals surface area contributed by atoms with E-state index in [1.54, 1.807) is 11.3 Å². The molecule has 3 heterocycles. The summed E-state index contributed by atoms with van der Waals surface area (Å²) in [5.74, 6) is 0. The number of nitrogens with zero attached hydrogens (tertiary/aromatic N) is 2. The van der Waals surface area contributed by atoms with Crippen molar-refractivity contribution >= 4 is 48.7 Å². The molecule has 0 amide bonds. The Bertz CT molecular complexity index is 535. The molecule has 3 nitrogen and oxygen atoms in total. The van der Waals surface area contributed by atoms with Gasteiger partial charge in [0.25, 0.3) is 0 Å². The van der Waals surface area contributed by atoms with Crippen molar-refractivity contribution < 1.29 is 0 Å². The first-order valence-corrected chi connectivity index (χ1v) is 7.90. The van der Waals surface area contributed by atoms with Crippen LogP contribution in [0.15, 0.2) is 16.0 Å². The molecule has 0 spiro atoms. The van der Waals surface area contributed by atoms with Crippen LogP contribution in [0.2, 0.25) is 0 Å². The van der Waals surface area contributed by atoms with Crippen molar-refractivity contribution in [3.8, 4) is 0 Å². The number of halogens is 1. The smallest absolute Gasteiger partial charge is 0.186 e. The molecule has 0 bridgehead atoms. The predicted octanol–water partition coefficient (Wildman–Crippen LogP) is 3.57. The van der Waals surface area contributed by atoms with Gasteiger partial charge in [-0.05, 0) is 34.0 Å². The number of hydrogen-bond acceptors (Lipinski definition) is 5. The van der Waals surface area contributed by atoms with Crippen LogP contribution in [0.1, 0.15) is 10.4 Å². The van der Waals surface area contributed by atoms with Crippen LogP contribution >= 0.6 is 38.6 Å². The molecule has 0 saturated carbocycles. The van der Waals surface area contributed by atoms with E-state index in [4.69, 9.17) is 0 Å². The highest BCUT2D eigenvalue weighted by Crippen LogP contribution is 2.34. The number of thiophene rings is 1. The quantitative estimate of drug-likeness (QED) is 0.912. The minimum absolute atomic E-state index is 0.936. The average molecular weight is 330 g/mol. The fourth-order valence-corrected chi connectivity index (χ4v) is 4.36. The summed E-state index contributed by atoms with van der Waals surface area (Å²) in [5, 5.41) is 7.64. The number of aromatic nitrogens is 1. The van der Waals surface area contributed by atoms with Gasteiger partial charge in [-0.1, -0.05) is 0 Å². The molecule has 17 heavy (non-hydrogen) atoms. The molecule has 6 heteroatoms. The van der Waals surface area contributed by atoms with Gasteiger partial charge in [-0.3, -0.25) is 0 Å². The molecule has 1 aliphatic rings. The number of fused-ring (bicyclic) bond motifs is 1. The maximum absolute atomic E-state index is 4.48. The standard InChI is InChI=1S/C11H12BrN3S2/c1-13-10-4-7-2-3-15(5-8(7)17-10)11-14-9(12)6-16-11/h4,6,13H,2-3,5H2,1H3. The fourth-order valence-electron chi connectivity index (χ4n) is 2.00. The van der Waals surface area contributed by atoms with Crippen molar-refractivity contribution in [2.45, 2.75) is 13.0 Å². The molecule has 0 fully saturated rings. The van der Waals surface area contributed by atoms with Gasteiger partial charge >= 0.3 is 0 Å². The lowest BCUT2D eigenvalue weighted by Crippen LogP contribution is -2.29. The van der Waals surface area contributed by atoms with Crippen molar-refractivity contribution in [3.05, 3.63) is 26.5 Å². The second kappa shape index (κ2) is 4.59. The fraction of sp³-hybridized carbons (Fsp3) is 0.364. The van der Waals surface area contributed by atoms with Gasteiger partial charge in [0.1, 0.15) is 4.60 Å². The van der Waals surface area contributed by atoms with Crippen LogP contribution in [0.5, 0.6) is 0 Å². The molecule has 0 atom stereocenters. The summed E-state index contributed by atoms with van der Waals surface area (Å²) in [6.45, 7) is 2.05. The van der Waals surface area contributed by atoms with Gasteiger partial charge in [-0.25, -0.2) is 4.98 Å². The minimum Gasteiger partial charge on any atom is -0.380 e. The summed E-state index contributed by atoms with van der Waals surface area (Å²) in [7, 11) is 1.98. The molecule has 0 unspecified atom stereocenters. The molecular formula is C11H12BrN3S2. The zero-order chi connectivity index (χ0) is 11.8. The summed E-state index contributed by atoms with van der Waals surface area (Å²) in [6, 6.07) is 2.27. The van der Waals surface area contributed by atoms with Crippen LogP contribution in [-0.2, 0) is 13.0 Å². The van der Waals surface area contributed by atoms with E-state index < -0.39 is 0 Å². The molecule has 90 valence electrons. The normalized spacial score (nSPS) is 14.8. The Morgan fingerprint density at radius 3 is 3.12 bits per heavy atom. The zero-order valence-electron chi connectivity index (χ0n) is 9.36. The van der Waals surface area contributed by atoms with Crippen molar-refractivity contribution in [3.63, 3.8) is 0 Å². The third-order valence-electron chi connectivity index (χ3n) is 2.86. The third kappa shape index (κ3) is 2.21. The SMILES string of the molecule is CNc1cc2c(s1)CN(c1nc(Br)cs1)CC2. The van der Waals surface area contributed by atoms with E-state index in [9.17, 15) is 0 Å². The van der Waals surface area contributed by atoms with E-state index >= 15 is 0 Å². The molecule has 0 saturated heterocycles. The first-order valence-electron chi connectivity index (χ1n) is 5.41. The zero-order valence-corrected chi connectivity index (χ0v) is 12.6. The number of rotatable bonds is 2. The van der Waals surface area contributed by atoms with Crippen LogP contribution in [0, 0.1) is 0 Å². The molecule has 0 aromatic carbocycles. The summed E-state index contributed by atoms with van der Waals surface area (Å²) >= 11 is 6.96. The van der Waals surface area contributed by atoms with E-state index in [1.807, 2.05) is 23.8 Å². The highest BCUT2D eigenvalue weighted by molar-refractivity contribution is 9.10. The van der Waals surface area contributed by atoms with Gasteiger partial charge < -0.3 is 10.2 Å². The van der Waals surface area contributed by atoms with Gasteiger partial charge in [0.15, 0.2) is 5.13 Å². The van der Waals surface area contributed by atoms with E-state index in [-0.39, 0.29) is 0 Å². The first-order chi connectivity index (χ1) is 8.26. The minimum atomic E-state index is 0.936. The van der Waals surface area contributed by atoms with E-state index in [2.05, 4.69) is 37.2 Å². The van der Waals surface area contributed by atoms with Crippen LogP contribution in [0.3, 0.4) is 0 Å². The van der Waals surface area contributed by atoms with Crippen molar-refractivity contribution in [1.82, 2.24) is 4.98 Å². The molecule has 2 aromatic rings. The average Bonchev–Trinajstić information content (AvgIpc) is 2.93. The Balaban J connectivity index is 1.84. The summed E-state index contributed by atoms with van der Waals surface area (Å²) in [6.07, 6.45) is 1.12. The van der Waals surface area contributed by atoms with Crippen LogP contribution in [-0.4, -0.2) is 18.6 Å². The van der Waals surface area contributed by atoms with Crippen molar-refractivity contribution in [1.29, 1.82) is 0 Å².